The fourth-order valence-electron chi connectivity index (χ4n) is 2.91. The third-order valence-corrected chi connectivity index (χ3v) is 5.02. The van der Waals surface area contributed by atoms with Gasteiger partial charge < -0.3 is 14.7 Å². The van der Waals surface area contributed by atoms with E-state index in [9.17, 15) is 9.90 Å². The van der Waals surface area contributed by atoms with Crippen LogP contribution in [0.25, 0.3) is 6.08 Å². The topological polar surface area (TPSA) is 62.7 Å². The third-order valence-electron chi connectivity index (χ3n) is 4.23. The van der Waals surface area contributed by atoms with E-state index in [-0.39, 0.29) is 18.6 Å². The number of carbonyl (C=O) groups is 1. The summed E-state index contributed by atoms with van der Waals surface area (Å²) in [5.41, 5.74) is -0.320. The molecule has 2 heterocycles. The van der Waals surface area contributed by atoms with E-state index < -0.39 is 5.60 Å². The second-order valence-corrected chi connectivity index (χ2v) is 7.51. The van der Waals surface area contributed by atoms with Crippen molar-refractivity contribution in [2.45, 2.75) is 32.0 Å². The molecule has 5 nitrogen and oxygen atoms in total. The molecule has 0 unspecified atom stereocenters. The summed E-state index contributed by atoms with van der Waals surface area (Å²) < 4.78 is 5.92. The number of ether oxygens (including phenoxy) is 1. The largest absolute Gasteiger partial charge is 0.487 e. The maximum absolute atomic E-state index is 12.4. The molecule has 1 aromatic heterocycles. The van der Waals surface area contributed by atoms with E-state index in [1.807, 2.05) is 42.6 Å². The van der Waals surface area contributed by atoms with E-state index in [4.69, 9.17) is 4.74 Å². The fraction of sp³-hybridized carbons (Fsp3) is 0.368. The third kappa shape index (κ3) is 4.46. The summed E-state index contributed by atoms with van der Waals surface area (Å²) in [4.78, 5) is 18.4. The quantitative estimate of drug-likeness (QED) is 0.854. The van der Waals surface area contributed by atoms with E-state index in [1.54, 1.807) is 29.2 Å². The van der Waals surface area contributed by atoms with Crippen LogP contribution in [0.2, 0.25) is 0 Å². The average molecular weight is 358 g/mol. The Kier molecular flexibility index (Phi) is 5.20. The zero-order valence-electron chi connectivity index (χ0n) is 14.4. The molecule has 1 aliphatic rings. The number of rotatable bonds is 4. The van der Waals surface area contributed by atoms with E-state index in [0.717, 1.165) is 16.5 Å². The van der Waals surface area contributed by atoms with Crippen LogP contribution in [0.15, 0.2) is 41.8 Å². The number of hydrogen-bond donors (Lipinski definition) is 1. The van der Waals surface area contributed by atoms with Crippen molar-refractivity contribution in [3.05, 3.63) is 52.5 Å². The molecule has 1 N–H and O–H groups in total. The number of aromatic nitrogens is 1. The second kappa shape index (κ2) is 7.37. The average Bonchev–Trinajstić information content (AvgIpc) is 3.00. The lowest BCUT2D eigenvalue weighted by atomic mass is 9.91. The number of benzene rings is 1. The van der Waals surface area contributed by atoms with Gasteiger partial charge >= 0.3 is 0 Å². The van der Waals surface area contributed by atoms with Crippen LogP contribution in [0.4, 0.5) is 0 Å². The Hall–Kier alpha value is -2.18. The van der Waals surface area contributed by atoms with Gasteiger partial charge in [0.1, 0.15) is 17.5 Å². The van der Waals surface area contributed by atoms with Crippen LogP contribution in [0.3, 0.4) is 0 Å². The van der Waals surface area contributed by atoms with Gasteiger partial charge in [0, 0.05) is 24.4 Å². The highest BCUT2D eigenvalue weighted by atomic mass is 32.1. The predicted molar refractivity (Wildman–Crippen MR) is 98.6 cm³/mol. The smallest absolute Gasteiger partial charge is 0.246 e. The second-order valence-electron chi connectivity index (χ2n) is 6.45. The van der Waals surface area contributed by atoms with Crippen molar-refractivity contribution in [3.8, 4) is 5.75 Å². The molecular weight excluding hydrogens is 336 g/mol. The van der Waals surface area contributed by atoms with Crippen molar-refractivity contribution in [1.29, 1.82) is 0 Å². The minimum Gasteiger partial charge on any atom is -0.487 e. The fourth-order valence-corrected chi connectivity index (χ4v) is 3.49. The number of aliphatic hydroxyl groups is 1. The summed E-state index contributed by atoms with van der Waals surface area (Å²) in [6, 6.07) is 9.45. The van der Waals surface area contributed by atoms with E-state index >= 15 is 0 Å². The van der Waals surface area contributed by atoms with Crippen molar-refractivity contribution < 1.29 is 14.6 Å². The minimum absolute atomic E-state index is 0.121. The van der Waals surface area contributed by atoms with Gasteiger partial charge in [0.05, 0.1) is 17.2 Å². The molecule has 1 amide bonds. The van der Waals surface area contributed by atoms with E-state index in [1.165, 1.54) is 6.08 Å². The van der Waals surface area contributed by atoms with Crippen molar-refractivity contribution in [1.82, 2.24) is 9.88 Å². The van der Waals surface area contributed by atoms with Gasteiger partial charge in [-0.05, 0) is 32.1 Å². The molecule has 1 aromatic carbocycles. The summed E-state index contributed by atoms with van der Waals surface area (Å²) >= 11 is 1.55. The summed E-state index contributed by atoms with van der Waals surface area (Å²) in [5, 5.41) is 13.6. The lowest BCUT2D eigenvalue weighted by Crippen LogP contribution is -2.58. The molecule has 1 aliphatic heterocycles. The molecule has 0 aliphatic carbocycles. The molecule has 0 bridgehead atoms. The van der Waals surface area contributed by atoms with Crippen LogP contribution in [0, 0.1) is 6.92 Å². The molecular formula is C19H22N2O3S. The number of amides is 1. The SMILES string of the molecule is Cc1nc(/C=C/C(=O)N2CC[C@H](Oc3ccccc3)[C@@](C)(O)C2)cs1. The summed E-state index contributed by atoms with van der Waals surface area (Å²) in [6.45, 7) is 4.43. The van der Waals surface area contributed by atoms with Crippen molar-refractivity contribution in [3.63, 3.8) is 0 Å². The number of piperidine rings is 1. The number of β-amino-alcohol motifs (C(OH)–C–C–N with tert-alkyl or cyclic N) is 1. The van der Waals surface area contributed by atoms with Gasteiger partial charge in [0.25, 0.3) is 0 Å². The predicted octanol–water partition coefficient (Wildman–Crippen LogP) is 2.90. The van der Waals surface area contributed by atoms with Crippen molar-refractivity contribution in [2.24, 2.45) is 0 Å². The van der Waals surface area contributed by atoms with Gasteiger partial charge in [-0.1, -0.05) is 18.2 Å². The number of carbonyl (C=O) groups excluding carboxylic acids is 1. The van der Waals surface area contributed by atoms with Crippen LogP contribution >= 0.6 is 11.3 Å². The van der Waals surface area contributed by atoms with Gasteiger partial charge in [-0.25, -0.2) is 4.98 Å². The van der Waals surface area contributed by atoms with Gasteiger partial charge in [0.2, 0.25) is 5.91 Å². The zero-order chi connectivity index (χ0) is 17.9. The highest BCUT2D eigenvalue weighted by molar-refractivity contribution is 7.09. The number of thiazole rings is 1. The molecule has 2 atom stereocenters. The van der Waals surface area contributed by atoms with Gasteiger partial charge in [-0.15, -0.1) is 11.3 Å². The first-order valence-corrected chi connectivity index (χ1v) is 9.15. The van der Waals surface area contributed by atoms with Gasteiger partial charge in [-0.2, -0.15) is 0 Å². The molecule has 3 rings (SSSR count). The van der Waals surface area contributed by atoms with Crippen LogP contribution in [-0.2, 0) is 4.79 Å². The van der Waals surface area contributed by atoms with E-state index in [2.05, 4.69) is 4.98 Å². The number of aryl methyl sites for hydroxylation is 1. The Morgan fingerprint density at radius 1 is 1.44 bits per heavy atom. The Labute approximate surface area is 151 Å². The first kappa shape index (κ1) is 17.6. The molecule has 0 radical (unpaired) electrons. The normalized spacial score (nSPS) is 23.8. The van der Waals surface area contributed by atoms with Crippen molar-refractivity contribution >= 4 is 23.3 Å². The molecule has 0 saturated carbocycles. The zero-order valence-corrected chi connectivity index (χ0v) is 15.2. The first-order valence-electron chi connectivity index (χ1n) is 8.27. The molecule has 6 heteroatoms. The summed E-state index contributed by atoms with van der Waals surface area (Å²) in [7, 11) is 0. The molecule has 1 saturated heterocycles. The molecule has 2 aromatic rings. The number of hydrogen-bond acceptors (Lipinski definition) is 5. The molecule has 132 valence electrons. The monoisotopic (exact) mass is 358 g/mol. The van der Waals surface area contributed by atoms with Crippen LogP contribution in [0.1, 0.15) is 24.0 Å². The van der Waals surface area contributed by atoms with E-state index in [0.29, 0.717) is 13.0 Å². The molecule has 25 heavy (non-hydrogen) atoms. The highest BCUT2D eigenvalue weighted by Crippen LogP contribution is 2.26. The first-order chi connectivity index (χ1) is 11.9. The number of nitrogens with zero attached hydrogens (tertiary/aromatic N) is 2. The van der Waals surface area contributed by atoms with Crippen LogP contribution < -0.4 is 4.74 Å². The van der Waals surface area contributed by atoms with Gasteiger partial charge in [-0.3, -0.25) is 4.79 Å². The van der Waals surface area contributed by atoms with Gasteiger partial charge in [0.15, 0.2) is 0 Å². The summed E-state index contributed by atoms with van der Waals surface area (Å²) in [6.07, 6.45) is 3.47. The van der Waals surface area contributed by atoms with Crippen LogP contribution in [0.5, 0.6) is 5.75 Å². The highest BCUT2D eigenvalue weighted by Gasteiger charge is 2.40. The number of likely N-dealkylation sites (tertiary alicyclic amines) is 1. The maximum Gasteiger partial charge on any atom is 0.246 e. The molecule has 0 spiro atoms. The minimum atomic E-state index is -1.10. The van der Waals surface area contributed by atoms with Crippen molar-refractivity contribution in [2.75, 3.05) is 13.1 Å². The lowest BCUT2D eigenvalue weighted by molar-refractivity contribution is -0.140. The standard InChI is InChI=1S/C19H22N2O3S/c1-14-20-15(12-25-14)8-9-18(22)21-11-10-17(19(2,23)13-21)24-16-6-4-3-5-7-16/h3-9,12,17,23H,10-11,13H2,1-2H3/b9-8+/t17-,19-/m0/s1. The summed E-state index contributed by atoms with van der Waals surface area (Å²) in [5.74, 6) is 0.607. The molecule has 1 fully saturated rings. The Morgan fingerprint density at radius 3 is 2.84 bits per heavy atom. The Balaban J connectivity index is 1.61. The Bertz CT molecular complexity index is 755. The van der Waals surface area contributed by atoms with Crippen LogP contribution in [-0.4, -0.2) is 45.7 Å². The Morgan fingerprint density at radius 2 is 2.20 bits per heavy atom. The number of para-hydroxylation sites is 1. The lowest BCUT2D eigenvalue weighted by Gasteiger charge is -2.42. The maximum atomic E-state index is 12.4.